The number of aliphatic carboxylic acids is 1. The molecular formula is C16H29NO2. The van der Waals surface area contributed by atoms with Gasteiger partial charge in [-0.1, -0.05) is 26.7 Å². The van der Waals surface area contributed by atoms with Gasteiger partial charge in [0.05, 0.1) is 6.42 Å². The lowest BCUT2D eigenvalue weighted by Crippen LogP contribution is -2.53. The fourth-order valence-electron chi connectivity index (χ4n) is 3.82. The summed E-state index contributed by atoms with van der Waals surface area (Å²) in [7, 11) is 0. The van der Waals surface area contributed by atoms with Crippen LogP contribution in [0.15, 0.2) is 0 Å². The summed E-state index contributed by atoms with van der Waals surface area (Å²) < 4.78 is 0. The zero-order valence-corrected chi connectivity index (χ0v) is 12.6. The number of hydrogen-bond donors (Lipinski definition) is 1. The van der Waals surface area contributed by atoms with Crippen molar-refractivity contribution in [2.75, 3.05) is 13.1 Å². The standard InChI is InChI=1S/C16H29NO2/c1-15(2)7-9-16(10-8-15,13-14(18)19)17-11-5-3-4-6-12-17/h3-13H2,1-2H3,(H,18,19). The van der Waals surface area contributed by atoms with Crippen molar-refractivity contribution < 1.29 is 9.90 Å². The molecule has 3 heteroatoms. The normalized spacial score (nSPS) is 27.7. The van der Waals surface area contributed by atoms with Gasteiger partial charge in [0.15, 0.2) is 0 Å². The highest BCUT2D eigenvalue weighted by Crippen LogP contribution is 2.45. The topological polar surface area (TPSA) is 40.5 Å². The van der Waals surface area contributed by atoms with Crippen LogP contribution in [0.1, 0.15) is 71.6 Å². The minimum atomic E-state index is -0.621. The van der Waals surface area contributed by atoms with E-state index in [1.54, 1.807) is 0 Å². The Hall–Kier alpha value is -0.570. The first kappa shape index (κ1) is 14.8. The SMILES string of the molecule is CC1(C)CCC(CC(=O)O)(N2CCCCCC2)CC1. The minimum Gasteiger partial charge on any atom is -0.481 e. The third kappa shape index (κ3) is 3.71. The molecule has 0 amide bonds. The van der Waals surface area contributed by atoms with E-state index in [9.17, 15) is 9.90 Å². The summed E-state index contributed by atoms with van der Waals surface area (Å²) in [5.41, 5.74) is 0.347. The lowest BCUT2D eigenvalue weighted by Gasteiger charge is -2.49. The quantitative estimate of drug-likeness (QED) is 0.848. The van der Waals surface area contributed by atoms with Gasteiger partial charge in [0.1, 0.15) is 0 Å². The maximum absolute atomic E-state index is 11.3. The van der Waals surface area contributed by atoms with Gasteiger partial charge >= 0.3 is 5.97 Å². The second-order valence-electron chi connectivity index (χ2n) is 7.36. The summed E-state index contributed by atoms with van der Waals surface area (Å²) in [4.78, 5) is 13.9. The Balaban J connectivity index is 2.12. The first-order chi connectivity index (χ1) is 8.94. The smallest absolute Gasteiger partial charge is 0.305 e. The molecule has 1 aliphatic heterocycles. The molecule has 0 aromatic carbocycles. The van der Waals surface area contributed by atoms with Crippen molar-refractivity contribution in [3.8, 4) is 0 Å². The van der Waals surface area contributed by atoms with Crippen molar-refractivity contribution in [2.24, 2.45) is 5.41 Å². The molecule has 1 heterocycles. The van der Waals surface area contributed by atoms with E-state index in [1.807, 2.05) is 0 Å². The van der Waals surface area contributed by atoms with Crippen LogP contribution in [0.2, 0.25) is 0 Å². The first-order valence-electron chi connectivity index (χ1n) is 7.91. The number of carboxylic acid groups (broad SMARTS) is 1. The molecule has 0 aromatic heterocycles. The zero-order valence-electron chi connectivity index (χ0n) is 12.6. The third-order valence-corrected chi connectivity index (χ3v) is 5.29. The maximum atomic E-state index is 11.3. The molecule has 2 rings (SSSR count). The van der Waals surface area contributed by atoms with Crippen LogP contribution in [-0.2, 0) is 4.79 Å². The zero-order chi connectivity index (χ0) is 13.9. The van der Waals surface area contributed by atoms with E-state index in [4.69, 9.17) is 0 Å². The molecule has 2 aliphatic rings. The summed E-state index contributed by atoms with van der Waals surface area (Å²) in [5, 5.41) is 9.34. The number of carbonyl (C=O) groups is 1. The Kier molecular flexibility index (Phi) is 4.54. The molecule has 0 bridgehead atoms. The highest BCUT2D eigenvalue weighted by Gasteiger charge is 2.43. The Bertz CT molecular complexity index is 307. The van der Waals surface area contributed by atoms with Gasteiger partial charge in [0, 0.05) is 5.54 Å². The Labute approximate surface area is 117 Å². The van der Waals surface area contributed by atoms with Crippen molar-refractivity contribution in [2.45, 2.75) is 77.2 Å². The molecule has 19 heavy (non-hydrogen) atoms. The van der Waals surface area contributed by atoms with Gasteiger partial charge in [0.25, 0.3) is 0 Å². The van der Waals surface area contributed by atoms with Crippen molar-refractivity contribution in [3.05, 3.63) is 0 Å². The van der Waals surface area contributed by atoms with E-state index in [1.165, 1.54) is 25.7 Å². The molecule has 110 valence electrons. The molecular weight excluding hydrogens is 238 g/mol. The van der Waals surface area contributed by atoms with Crippen LogP contribution in [0, 0.1) is 5.41 Å². The van der Waals surface area contributed by atoms with Crippen LogP contribution in [0.5, 0.6) is 0 Å². The summed E-state index contributed by atoms with van der Waals surface area (Å²) >= 11 is 0. The van der Waals surface area contributed by atoms with Gasteiger partial charge < -0.3 is 5.11 Å². The summed E-state index contributed by atoms with van der Waals surface area (Å²) in [6, 6.07) is 0. The lowest BCUT2D eigenvalue weighted by molar-refractivity contribution is -0.142. The molecule has 0 radical (unpaired) electrons. The predicted octanol–water partition coefficient (Wildman–Crippen LogP) is 3.68. The summed E-state index contributed by atoms with van der Waals surface area (Å²) in [5.74, 6) is -0.621. The van der Waals surface area contributed by atoms with E-state index < -0.39 is 5.97 Å². The van der Waals surface area contributed by atoms with Gasteiger partial charge in [-0.25, -0.2) is 0 Å². The van der Waals surface area contributed by atoms with Crippen LogP contribution in [0.4, 0.5) is 0 Å². The second-order valence-corrected chi connectivity index (χ2v) is 7.36. The van der Waals surface area contributed by atoms with E-state index in [0.717, 1.165) is 38.8 Å². The molecule has 0 atom stereocenters. The largest absolute Gasteiger partial charge is 0.481 e. The highest BCUT2D eigenvalue weighted by atomic mass is 16.4. The lowest BCUT2D eigenvalue weighted by atomic mass is 9.67. The van der Waals surface area contributed by atoms with Gasteiger partial charge in [-0.05, 0) is 57.0 Å². The molecule has 0 unspecified atom stereocenters. The summed E-state index contributed by atoms with van der Waals surface area (Å²) in [6.45, 7) is 6.85. The van der Waals surface area contributed by atoms with Crippen molar-refractivity contribution in [1.82, 2.24) is 4.90 Å². The van der Waals surface area contributed by atoms with Crippen LogP contribution < -0.4 is 0 Å². The average molecular weight is 267 g/mol. The fourth-order valence-corrected chi connectivity index (χ4v) is 3.82. The number of rotatable bonds is 3. The molecule has 1 saturated heterocycles. The van der Waals surface area contributed by atoms with Crippen molar-refractivity contribution in [3.63, 3.8) is 0 Å². The van der Waals surface area contributed by atoms with Crippen LogP contribution >= 0.6 is 0 Å². The van der Waals surface area contributed by atoms with Crippen molar-refractivity contribution >= 4 is 5.97 Å². The van der Waals surface area contributed by atoms with Gasteiger partial charge in [-0.15, -0.1) is 0 Å². The Morgan fingerprint density at radius 3 is 2.00 bits per heavy atom. The van der Waals surface area contributed by atoms with Gasteiger partial charge in [-0.2, -0.15) is 0 Å². The third-order valence-electron chi connectivity index (χ3n) is 5.29. The van der Waals surface area contributed by atoms with Gasteiger partial charge in [-0.3, -0.25) is 9.69 Å². The molecule has 1 saturated carbocycles. The highest BCUT2D eigenvalue weighted by molar-refractivity contribution is 5.68. The van der Waals surface area contributed by atoms with Gasteiger partial charge in [0.2, 0.25) is 0 Å². The van der Waals surface area contributed by atoms with Crippen LogP contribution in [0.3, 0.4) is 0 Å². The molecule has 1 aliphatic carbocycles. The predicted molar refractivity (Wildman–Crippen MR) is 77.3 cm³/mol. The average Bonchev–Trinajstić information content (AvgIpc) is 2.61. The van der Waals surface area contributed by atoms with E-state index in [-0.39, 0.29) is 5.54 Å². The second kappa shape index (κ2) is 5.82. The number of nitrogens with zero attached hydrogens (tertiary/aromatic N) is 1. The fraction of sp³-hybridized carbons (Fsp3) is 0.938. The molecule has 2 fully saturated rings. The Morgan fingerprint density at radius 1 is 1.00 bits per heavy atom. The number of hydrogen-bond acceptors (Lipinski definition) is 2. The molecule has 1 N–H and O–H groups in total. The van der Waals surface area contributed by atoms with Crippen LogP contribution in [-0.4, -0.2) is 34.6 Å². The summed E-state index contributed by atoms with van der Waals surface area (Å²) in [6.07, 6.45) is 9.89. The Morgan fingerprint density at radius 2 is 1.53 bits per heavy atom. The molecule has 3 nitrogen and oxygen atoms in total. The molecule has 0 spiro atoms. The first-order valence-corrected chi connectivity index (χ1v) is 7.91. The van der Waals surface area contributed by atoms with E-state index >= 15 is 0 Å². The number of carboxylic acids is 1. The minimum absolute atomic E-state index is 0.0499. The molecule has 0 aromatic rings. The monoisotopic (exact) mass is 267 g/mol. The van der Waals surface area contributed by atoms with E-state index in [2.05, 4.69) is 18.7 Å². The van der Waals surface area contributed by atoms with Crippen molar-refractivity contribution in [1.29, 1.82) is 0 Å². The maximum Gasteiger partial charge on any atom is 0.305 e. The van der Waals surface area contributed by atoms with E-state index in [0.29, 0.717) is 11.8 Å². The number of likely N-dealkylation sites (tertiary alicyclic amines) is 1. The van der Waals surface area contributed by atoms with Crippen LogP contribution in [0.25, 0.3) is 0 Å².